The van der Waals surface area contributed by atoms with Crippen molar-refractivity contribution in [3.05, 3.63) is 59.6 Å². The number of pyridine rings is 2. The highest BCUT2D eigenvalue weighted by molar-refractivity contribution is 5.69. The Labute approximate surface area is 255 Å². The lowest BCUT2D eigenvalue weighted by Gasteiger charge is -2.33. The number of piperidine rings is 1. The Bertz CT molecular complexity index is 1720. The minimum atomic E-state index is -4.97. The number of amides is 1. The van der Waals surface area contributed by atoms with E-state index in [0.717, 1.165) is 12.3 Å². The van der Waals surface area contributed by atoms with Crippen LogP contribution < -0.4 is 4.74 Å². The summed E-state index contributed by atoms with van der Waals surface area (Å²) in [6.07, 6.45) is -3.39. The Morgan fingerprint density at radius 2 is 1.87 bits per heavy atom. The maximum atomic E-state index is 13.5. The number of halogens is 4. The van der Waals surface area contributed by atoms with Crippen LogP contribution in [0.15, 0.2) is 36.7 Å². The fraction of sp³-hybridized carbons (Fsp3) is 0.448. The van der Waals surface area contributed by atoms with Gasteiger partial charge in [-0.05, 0) is 58.7 Å². The van der Waals surface area contributed by atoms with Gasteiger partial charge in [-0.25, -0.2) is 18.9 Å². The van der Waals surface area contributed by atoms with Crippen molar-refractivity contribution in [3.8, 4) is 23.2 Å². The van der Waals surface area contributed by atoms with Crippen molar-refractivity contribution in [2.24, 2.45) is 0 Å². The Morgan fingerprint density at radius 1 is 1.13 bits per heavy atom. The lowest BCUT2D eigenvalue weighted by atomic mass is 10.0. The molecule has 1 unspecified atom stereocenters. The van der Waals surface area contributed by atoms with Crippen LogP contribution in [-0.4, -0.2) is 72.0 Å². The average Bonchev–Trinajstić information content (AvgIpc) is 3.57. The van der Waals surface area contributed by atoms with E-state index in [0.29, 0.717) is 42.9 Å². The summed E-state index contributed by atoms with van der Waals surface area (Å²) in [5, 5.41) is 18.4. The van der Waals surface area contributed by atoms with E-state index in [9.17, 15) is 27.6 Å². The van der Waals surface area contributed by atoms with E-state index in [1.165, 1.54) is 22.7 Å². The van der Waals surface area contributed by atoms with Crippen LogP contribution >= 0.6 is 0 Å². The average molecular weight is 631 g/mol. The molecule has 0 N–H and O–H groups in total. The van der Waals surface area contributed by atoms with Crippen molar-refractivity contribution in [2.75, 3.05) is 19.7 Å². The number of fused-ring (bicyclic) bond motifs is 1. The fourth-order valence-electron chi connectivity index (χ4n) is 5.03. The van der Waals surface area contributed by atoms with E-state index < -0.39 is 30.5 Å². The van der Waals surface area contributed by atoms with Gasteiger partial charge in [0.15, 0.2) is 6.10 Å². The molecule has 0 aliphatic carbocycles. The number of carbonyl (C=O) groups is 1. The number of imidazole rings is 1. The molecular formula is C29H30F4N8O4. The van der Waals surface area contributed by atoms with Gasteiger partial charge in [0.1, 0.15) is 34.5 Å². The van der Waals surface area contributed by atoms with Crippen LogP contribution in [0.4, 0.5) is 22.4 Å². The standard InChI is InChI=1S/C29H30F4N8O4/c1-17-26(37-38-41(17)20-7-9-39(10-8-20)27(42)45-28(2,3)4)18-11-24-36-15-21(13-34)40(24)25(12-18)44-23(16-43-29(31,32)33)22-6-5-19(30)14-35-22/h5-6,11-12,14-15,20,23H,7-10,16H2,1-4H3. The number of nitriles is 1. The van der Waals surface area contributed by atoms with E-state index in [4.69, 9.17) is 9.47 Å². The molecule has 45 heavy (non-hydrogen) atoms. The largest absolute Gasteiger partial charge is 0.522 e. The predicted octanol–water partition coefficient (Wildman–Crippen LogP) is 5.54. The minimum absolute atomic E-state index is 0.0299. The molecule has 5 rings (SSSR count). The molecule has 4 aromatic heterocycles. The first-order valence-electron chi connectivity index (χ1n) is 14.0. The number of likely N-dealkylation sites (tertiary alicyclic amines) is 1. The number of aromatic nitrogens is 6. The molecule has 0 bridgehead atoms. The molecule has 1 saturated heterocycles. The first kappa shape index (κ1) is 31.6. The maximum absolute atomic E-state index is 13.5. The Hall–Kier alpha value is -4.78. The number of hydrogen-bond acceptors (Lipinski definition) is 9. The van der Waals surface area contributed by atoms with Crippen LogP contribution in [0.2, 0.25) is 0 Å². The molecule has 1 aliphatic rings. The summed E-state index contributed by atoms with van der Waals surface area (Å²) < 4.78 is 71.2. The van der Waals surface area contributed by atoms with E-state index in [1.54, 1.807) is 15.6 Å². The fourth-order valence-corrected chi connectivity index (χ4v) is 5.03. The smallest absolute Gasteiger partial charge is 0.466 e. The Balaban J connectivity index is 1.45. The normalized spacial score (nSPS) is 15.2. The lowest BCUT2D eigenvalue weighted by Crippen LogP contribution is -2.42. The molecule has 1 atom stereocenters. The van der Waals surface area contributed by atoms with Crippen molar-refractivity contribution < 1.29 is 36.6 Å². The molecule has 0 radical (unpaired) electrons. The van der Waals surface area contributed by atoms with Gasteiger partial charge >= 0.3 is 12.5 Å². The summed E-state index contributed by atoms with van der Waals surface area (Å²) >= 11 is 0. The highest BCUT2D eigenvalue weighted by Gasteiger charge is 2.33. The monoisotopic (exact) mass is 630 g/mol. The van der Waals surface area contributed by atoms with Crippen molar-refractivity contribution >= 4 is 11.7 Å². The minimum Gasteiger partial charge on any atom is -0.466 e. The van der Waals surface area contributed by atoms with E-state index in [1.807, 2.05) is 33.8 Å². The second kappa shape index (κ2) is 12.3. The molecule has 1 aliphatic heterocycles. The van der Waals surface area contributed by atoms with E-state index >= 15 is 0 Å². The van der Waals surface area contributed by atoms with Gasteiger partial charge in [-0.2, -0.15) is 5.26 Å². The third kappa shape index (κ3) is 7.31. The second-order valence-corrected chi connectivity index (χ2v) is 11.5. The van der Waals surface area contributed by atoms with Gasteiger partial charge in [0.2, 0.25) is 5.88 Å². The summed E-state index contributed by atoms with van der Waals surface area (Å²) in [6.45, 7) is 7.21. The molecule has 1 fully saturated rings. The second-order valence-electron chi connectivity index (χ2n) is 11.5. The van der Waals surface area contributed by atoms with Gasteiger partial charge in [0, 0.05) is 24.7 Å². The number of ether oxygens (including phenoxy) is 3. The van der Waals surface area contributed by atoms with Crippen LogP contribution in [-0.2, 0) is 9.47 Å². The van der Waals surface area contributed by atoms with Crippen molar-refractivity contribution in [2.45, 2.75) is 64.6 Å². The molecule has 5 heterocycles. The lowest BCUT2D eigenvalue weighted by molar-refractivity contribution is -0.330. The predicted molar refractivity (Wildman–Crippen MR) is 149 cm³/mol. The van der Waals surface area contributed by atoms with Crippen LogP contribution in [0.3, 0.4) is 0 Å². The third-order valence-corrected chi connectivity index (χ3v) is 7.09. The van der Waals surface area contributed by atoms with E-state index in [-0.39, 0.29) is 35.1 Å². The molecule has 0 saturated carbocycles. The molecule has 16 heteroatoms. The zero-order valence-corrected chi connectivity index (χ0v) is 24.9. The first-order chi connectivity index (χ1) is 21.2. The van der Waals surface area contributed by atoms with Gasteiger partial charge in [0.25, 0.3) is 0 Å². The summed E-state index contributed by atoms with van der Waals surface area (Å²) in [5.41, 5.74) is 1.33. The van der Waals surface area contributed by atoms with E-state index in [2.05, 4.69) is 25.0 Å². The van der Waals surface area contributed by atoms with Crippen molar-refractivity contribution in [3.63, 3.8) is 0 Å². The molecule has 0 spiro atoms. The third-order valence-electron chi connectivity index (χ3n) is 7.09. The topological polar surface area (TPSA) is 133 Å². The Kier molecular flexibility index (Phi) is 8.66. The SMILES string of the molecule is Cc1c(-c2cc(OC(COC(F)(F)F)c3ccc(F)cn3)n3c(C#N)cnc3c2)nnn1C1CCN(C(=O)OC(C)(C)C)CC1. The zero-order valence-electron chi connectivity index (χ0n) is 24.9. The van der Waals surface area contributed by atoms with Crippen molar-refractivity contribution in [1.82, 2.24) is 34.3 Å². The quantitative estimate of drug-likeness (QED) is 0.242. The number of hydrogen-bond donors (Lipinski definition) is 0. The first-order valence-corrected chi connectivity index (χ1v) is 14.0. The van der Waals surface area contributed by atoms with Crippen LogP contribution in [0.1, 0.15) is 62.8 Å². The molecule has 12 nitrogen and oxygen atoms in total. The molecule has 1 amide bonds. The van der Waals surface area contributed by atoms with Gasteiger partial charge in [0.05, 0.1) is 36.4 Å². The van der Waals surface area contributed by atoms with Crippen LogP contribution in [0, 0.1) is 24.1 Å². The van der Waals surface area contributed by atoms with Gasteiger partial charge in [-0.1, -0.05) is 5.21 Å². The number of nitrogens with zero attached hydrogens (tertiary/aromatic N) is 8. The summed E-state index contributed by atoms with van der Waals surface area (Å²) in [4.78, 5) is 22.3. The molecule has 238 valence electrons. The number of carbonyl (C=O) groups excluding carboxylic acids is 1. The van der Waals surface area contributed by atoms with Gasteiger partial charge in [-0.15, -0.1) is 18.3 Å². The number of rotatable bonds is 7. The Morgan fingerprint density at radius 3 is 2.49 bits per heavy atom. The van der Waals surface area contributed by atoms with Crippen molar-refractivity contribution in [1.29, 1.82) is 5.26 Å². The highest BCUT2D eigenvalue weighted by atomic mass is 19.4. The number of alkyl halides is 3. The molecule has 4 aromatic rings. The van der Waals surface area contributed by atoms with Gasteiger partial charge in [-0.3, -0.25) is 14.1 Å². The highest BCUT2D eigenvalue weighted by Crippen LogP contribution is 2.33. The molecular weight excluding hydrogens is 600 g/mol. The molecule has 0 aromatic carbocycles. The summed E-state index contributed by atoms with van der Waals surface area (Å²) in [5.74, 6) is -0.729. The van der Waals surface area contributed by atoms with Gasteiger partial charge < -0.3 is 14.4 Å². The van der Waals surface area contributed by atoms with Crippen LogP contribution in [0.25, 0.3) is 16.9 Å². The maximum Gasteiger partial charge on any atom is 0.522 e. The summed E-state index contributed by atoms with van der Waals surface area (Å²) in [6, 6.07) is 7.32. The zero-order chi connectivity index (χ0) is 32.5. The summed E-state index contributed by atoms with van der Waals surface area (Å²) in [7, 11) is 0. The van der Waals surface area contributed by atoms with Crippen LogP contribution in [0.5, 0.6) is 5.88 Å².